The van der Waals surface area contributed by atoms with Gasteiger partial charge in [-0.2, -0.15) is 47.9 Å². The average Bonchev–Trinajstić information content (AvgIpc) is 3.53. The molecule has 1 N–H and O–H groups in total. The molecule has 15 heteroatoms. The number of aryl methyl sites for hydroxylation is 1. The lowest BCUT2D eigenvalue weighted by Crippen LogP contribution is -2.63. The molecule has 0 unspecified atom stereocenters. The summed E-state index contributed by atoms with van der Waals surface area (Å²) in [6, 6.07) is 22.7. The maximum absolute atomic E-state index is 12.2. The Hall–Kier alpha value is -3.98. The number of halogens is 9. The van der Waals surface area contributed by atoms with Crippen molar-refractivity contribution in [2.24, 2.45) is 0 Å². The van der Waals surface area contributed by atoms with E-state index in [0.717, 1.165) is 69.7 Å². The van der Waals surface area contributed by atoms with E-state index >= 15 is 0 Å². The van der Waals surface area contributed by atoms with E-state index in [9.17, 15) is 47.9 Å². The first-order chi connectivity index (χ1) is 27.2. The van der Waals surface area contributed by atoms with Crippen LogP contribution in [0.1, 0.15) is 101 Å². The van der Waals surface area contributed by atoms with E-state index in [-0.39, 0.29) is 0 Å². The van der Waals surface area contributed by atoms with Crippen molar-refractivity contribution < 1.29 is 62.0 Å². The fourth-order valence-electron chi connectivity index (χ4n) is 6.84. The van der Waals surface area contributed by atoms with Crippen LogP contribution in [0.2, 0.25) is 0 Å². The van der Waals surface area contributed by atoms with Crippen molar-refractivity contribution in [3.8, 4) is 33.8 Å². The highest BCUT2D eigenvalue weighted by molar-refractivity contribution is 7.87. The van der Waals surface area contributed by atoms with Gasteiger partial charge in [-0.15, -0.1) is 0 Å². The van der Waals surface area contributed by atoms with Gasteiger partial charge in [-0.3, -0.25) is 4.55 Å². The van der Waals surface area contributed by atoms with Gasteiger partial charge in [0.1, 0.15) is 11.5 Å². The first-order valence-electron chi connectivity index (χ1n) is 19.5. The van der Waals surface area contributed by atoms with Gasteiger partial charge >= 0.3 is 33.4 Å². The molecule has 58 heavy (non-hydrogen) atoms. The van der Waals surface area contributed by atoms with Crippen LogP contribution in [-0.2, 0) is 29.4 Å². The SMILES string of the molecule is CCCCOc1ccc2ccc(OCCCC)c(-c3c(CCCC)c(CCCC)cc4c3Cc3ccccc3-4)c2c1.O=S(=O)(O)C(F)(F)C(F)(F)C(F)(F)C(F)(F)F. The summed E-state index contributed by atoms with van der Waals surface area (Å²) in [6.45, 7) is 10.6. The van der Waals surface area contributed by atoms with Crippen LogP contribution in [0.5, 0.6) is 11.5 Å². The number of ether oxygens (including phenoxy) is 2. The molecule has 0 saturated heterocycles. The maximum atomic E-state index is 12.2. The summed E-state index contributed by atoms with van der Waals surface area (Å²) in [5, 5.41) is -4.51. The lowest BCUT2D eigenvalue weighted by molar-refractivity contribution is -0.382. The fourth-order valence-corrected chi connectivity index (χ4v) is 7.29. The van der Waals surface area contributed by atoms with E-state index in [0.29, 0.717) is 0 Å². The molecule has 0 amide bonds. The minimum atomic E-state index is -7.37. The van der Waals surface area contributed by atoms with E-state index in [1.54, 1.807) is 0 Å². The third-order valence-electron chi connectivity index (χ3n) is 10.1. The molecule has 0 heterocycles. The number of benzene rings is 4. The molecule has 5 nitrogen and oxygen atoms in total. The Morgan fingerprint density at radius 3 is 1.84 bits per heavy atom. The summed E-state index contributed by atoms with van der Waals surface area (Å²) in [5.74, 6) is -12.7. The Morgan fingerprint density at radius 1 is 0.655 bits per heavy atom. The van der Waals surface area contributed by atoms with E-state index in [1.807, 2.05) is 0 Å². The molecule has 0 bridgehead atoms. The highest BCUT2D eigenvalue weighted by Gasteiger charge is 2.85. The second-order valence-corrected chi connectivity index (χ2v) is 15.8. The Morgan fingerprint density at radius 2 is 1.24 bits per heavy atom. The van der Waals surface area contributed by atoms with Crippen molar-refractivity contribution in [1.82, 2.24) is 0 Å². The molecule has 1 aliphatic rings. The molecule has 0 atom stereocenters. The molecule has 4 aromatic rings. The Labute approximate surface area is 333 Å². The summed E-state index contributed by atoms with van der Waals surface area (Å²) in [4.78, 5) is 0. The number of hydrogen-bond acceptors (Lipinski definition) is 4. The van der Waals surface area contributed by atoms with Gasteiger partial charge in [0.25, 0.3) is 0 Å². The lowest BCUT2D eigenvalue weighted by Gasteiger charge is -2.31. The normalized spacial score (nSPS) is 13.2. The largest absolute Gasteiger partial charge is 0.494 e. The number of rotatable bonds is 18. The average molecular weight is 849 g/mol. The van der Waals surface area contributed by atoms with Crippen LogP contribution in [0, 0.1) is 0 Å². The van der Waals surface area contributed by atoms with Gasteiger partial charge in [-0.25, -0.2) is 0 Å². The highest BCUT2D eigenvalue weighted by atomic mass is 32.2. The monoisotopic (exact) mass is 848 g/mol. The third-order valence-corrected chi connectivity index (χ3v) is 11.0. The quantitative estimate of drug-likeness (QED) is 0.0540. The minimum absolute atomic E-state index is 0.740. The fraction of sp³-hybridized carbons (Fsp3) is 0.488. The van der Waals surface area contributed by atoms with Crippen LogP contribution in [0.15, 0.2) is 60.7 Å². The molecule has 0 fully saturated rings. The molecule has 0 spiro atoms. The predicted molar refractivity (Wildman–Crippen MR) is 208 cm³/mol. The first-order valence-corrected chi connectivity index (χ1v) is 20.9. The maximum Gasteiger partial charge on any atom is 0.460 e. The van der Waals surface area contributed by atoms with Crippen molar-refractivity contribution in [3.05, 3.63) is 82.9 Å². The van der Waals surface area contributed by atoms with Crippen molar-refractivity contribution in [3.63, 3.8) is 0 Å². The lowest BCUT2D eigenvalue weighted by atomic mass is 9.82. The molecule has 320 valence electrons. The summed E-state index contributed by atoms with van der Waals surface area (Å²) >= 11 is 0. The molecule has 0 aromatic heterocycles. The van der Waals surface area contributed by atoms with Gasteiger partial charge in [0, 0.05) is 5.56 Å². The van der Waals surface area contributed by atoms with Gasteiger partial charge in [0.05, 0.1) is 13.2 Å². The van der Waals surface area contributed by atoms with E-state index < -0.39 is 33.4 Å². The van der Waals surface area contributed by atoms with Gasteiger partial charge < -0.3 is 9.47 Å². The minimum Gasteiger partial charge on any atom is -0.494 e. The summed E-state index contributed by atoms with van der Waals surface area (Å²) in [5.41, 5.74) is 11.5. The highest BCUT2D eigenvalue weighted by Crippen LogP contribution is 2.55. The molecule has 0 aliphatic heterocycles. The van der Waals surface area contributed by atoms with Crippen LogP contribution < -0.4 is 9.47 Å². The van der Waals surface area contributed by atoms with Crippen molar-refractivity contribution >= 4 is 20.9 Å². The Bertz CT molecular complexity index is 2130. The summed E-state index contributed by atoms with van der Waals surface area (Å²) in [6.07, 6.45) is 5.25. The smallest absolute Gasteiger partial charge is 0.460 e. The van der Waals surface area contributed by atoms with Gasteiger partial charge in [0.2, 0.25) is 0 Å². The van der Waals surface area contributed by atoms with Crippen molar-refractivity contribution in [1.29, 1.82) is 0 Å². The molecule has 1 aliphatic carbocycles. The van der Waals surface area contributed by atoms with Crippen LogP contribution in [0.25, 0.3) is 33.0 Å². The molecule has 0 radical (unpaired) electrons. The number of alkyl halides is 9. The molecular weight excluding hydrogens is 800 g/mol. The van der Waals surface area contributed by atoms with E-state index in [2.05, 4.69) is 88.4 Å². The molecule has 5 rings (SSSR count). The Balaban J connectivity index is 0.000000371. The zero-order valence-electron chi connectivity index (χ0n) is 32.9. The molecular formula is C43H49F9O5S. The van der Waals surface area contributed by atoms with E-state index in [4.69, 9.17) is 14.0 Å². The summed E-state index contributed by atoms with van der Waals surface area (Å²) < 4.78 is 147. The third kappa shape index (κ3) is 9.56. The second-order valence-electron chi connectivity index (χ2n) is 14.3. The zero-order valence-corrected chi connectivity index (χ0v) is 33.7. The standard InChI is InChI=1S/C39H48O2.C4HF9O3S/c1-5-9-15-30-25-35-32-18-14-13-16-29(32)26-36(35)38(33(30)17-10-6-2)39-34-27-31(40-23-11-7-3)21-19-28(34)20-22-37(39)41-24-12-8-4;5-1(6,3(9,10)11)2(7,8)4(12,13)17(14,15)16/h13-14,16,18-22,25,27H,5-12,15,17,23-24,26H2,1-4H3;(H,14,15,16). The zero-order chi connectivity index (χ0) is 43.1. The van der Waals surface area contributed by atoms with Crippen molar-refractivity contribution in [2.75, 3.05) is 13.2 Å². The van der Waals surface area contributed by atoms with E-state index in [1.165, 1.54) is 81.0 Å². The van der Waals surface area contributed by atoms with Crippen LogP contribution >= 0.6 is 0 Å². The second kappa shape index (κ2) is 18.9. The van der Waals surface area contributed by atoms with Gasteiger partial charge in [-0.05, 0) is 113 Å². The van der Waals surface area contributed by atoms with Crippen LogP contribution in [0.3, 0.4) is 0 Å². The predicted octanol–water partition coefficient (Wildman–Crippen LogP) is 13.4. The number of hydrogen-bond donors (Lipinski definition) is 1. The number of unbranched alkanes of at least 4 members (excludes halogenated alkanes) is 4. The van der Waals surface area contributed by atoms with Gasteiger partial charge in [0.15, 0.2) is 0 Å². The van der Waals surface area contributed by atoms with Gasteiger partial charge in [-0.1, -0.05) is 95.8 Å². The summed E-state index contributed by atoms with van der Waals surface area (Å²) in [7, 11) is -7.17. The Kier molecular flexibility index (Phi) is 15.3. The van der Waals surface area contributed by atoms with Crippen LogP contribution in [-0.4, -0.2) is 49.5 Å². The molecule has 0 saturated carbocycles. The molecule has 4 aromatic carbocycles. The topological polar surface area (TPSA) is 72.8 Å². The van der Waals surface area contributed by atoms with Crippen molar-refractivity contribution in [2.45, 2.75) is 122 Å². The van der Waals surface area contributed by atoms with Crippen LogP contribution in [0.4, 0.5) is 39.5 Å². The number of fused-ring (bicyclic) bond motifs is 4. The first kappa shape index (κ1) is 46.7.